The minimum atomic E-state index is -0.570. The van der Waals surface area contributed by atoms with Crippen molar-refractivity contribution in [1.29, 1.82) is 0 Å². The second-order valence-electron chi connectivity index (χ2n) is 4.55. The average molecular weight is 289 g/mol. The van der Waals surface area contributed by atoms with Gasteiger partial charge in [0.25, 0.3) is 0 Å². The quantitative estimate of drug-likeness (QED) is 0.782. The molecular weight excluding hydrogens is 272 g/mol. The summed E-state index contributed by atoms with van der Waals surface area (Å²) in [6.07, 6.45) is 1.68. The van der Waals surface area contributed by atoms with Gasteiger partial charge in [-0.3, -0.25) is 0 Å². The van der Waals surface area contributed by atoms with Crippen molar-refractivity contribution < 1.29 is 13.5 Å². The molecule has 2 aromatic carbocycles. The lowest BCUT2D eigenvalue weighted by Crippen LogP contribution is -2.14. The van der Waals surface area contributed by atoms with Gasteiger partial charge in [0.05, 0.1) is 0 Å². The minimum absolute atomic E-state index is 0.321. The molecule has 0 aromatic heterocycles. The molecular formula is C17H17F2NO. The van der Waals surface area contributed by atoms with Crippen LogP contribution in [-0.2, 0) is 13.1 Å². The van der Waals surface area contributed by atoms with E-state index in [1.54, 1.807) is 6.08 Å². The van der Waals surface area contributed by atoms with Crippen LogP contribution in [0.3, 0.4) is 0 Å². The van der Waals surface area contributed by atoms with E-state index in [0.717, 1.165) is 17.4 Å². The number of hydrogen-bond donors (Lipinski definition) is 1. The van der Waals surface area contributed by atoms with Crippen LogP contribution in [0.1, 0.15) is 11.1 Å². The van der Waals surface area contributed by atoms with Crippen molar-refractivity contribution in [1.82, 2.24) is 5.32 Å². The van der Waals surface area contributed by atoms with Crippen LogP contribution in [0.4, 0.5) is 8.78 Å². The standard InChI is InChI=1S/C17H17F2NO/c1-2-9-21-17-6-4-3-5-14(17)12-20-11-13-7-8-15(18)10-16(13)19/h2-8,10,20H,1,9,11-12H2. The molecule has 0 spiro atoms. The molecule has 2 nitrogen and oxygen atoms in total. The zero-order valence-electron chi connectivity index (χ0n) is 11.6. The van der Waals surface area contributed by atoms with Crippen LogP contribution in [0, 0.1) is 11.6 Å². The first kappa shape index (κ1) is 15.2. The normalized spacial score (nSPS) is 10.4. The maximum atomic E-state index is 13.5. The summed E-state index contributed by atoms with van der Waals surface area (Å²) in [6.45, 7) is 4.90. The Bertz CT molecular complexity index is 613. The van der Waals surface area contributed by atoms with Gasteiger partial charge in [0.15, 0.2) is 0 Å². The fraction of sp³-hybridized carbons (Fsp3) is 0.176. The highest BCUT2D eigenvalue weighted by Gasteiger charge is 2.05. The Kier molecular flexibility index (Phi) is 5.46. The molecule has 0 aliphatic rings. The summed E-state index contributed by atoms with van der Waals surface area (Å²) in [5.41, 5.74) is 1.41. The second kappa shape index (κ2) is 7.55. The zero-order chi connectivity index (χ0) is 15.1. The third-order valence-electron chi connectivity index (χ3n) is 2.98. The Labute approximate surface area is 123 Å². The van der Waals surface area contributed by atoms with Crippen LogP contribution in [-0.4, -0.2) is 6.61 Å². The van der Waals surface area contributed by atoms with E-state index in [2.05, 4.69) is 11.9 Å². The molecule has 0 atom stereocenters. The Balaban J connectivity index is 1.95. The van der Waals surface area contributed by atoms with Crippen molar-refractivity contribution >= 4 is 0 Å². The maximum absolute atomic E-state index is 13.5. The molecule has 0 amide bonds. The highest BCUT2D eigenvalue weighted by molar-refractivity contribution is 5.33. The minimum Gasteiger partial charge on any atom is -0.489 e. The highest BCUT2D eigenvalue weighted by Crippen LogP contribution is 2.18. The molecule has 0 radical (unpaired) electrons. The predicted octanol–water partition coefficient (Wildman–Crippen LogP) is 3.82. The van der Waals surface area contributed by atoms with E-state index in [-0.39, 0.29) is 0 Å². The number of rotatable bonds is 7. The monoisotopic (exact) mass is 289 g/mol. The van der Waals surface area contributed by atoms with Gasteiger partial charge in [-0.15, -0.1) is 0 Å². The van der Waals surface area contributed by atoms with Gasteiger partial charge in [-0.25, -0.2) is 8.78 Å². The Morgan fingerprint density at radius 3 is 2.57 bits per heavy atom. The fourth-order valence-electron chi connectivity index (χ4n) is 1.94. The number of hydrogen-bond acceptors (Lipinski definition) is 2. The van der Waals surface area contributed by atoms with Crippen LogP contribution in [0.25, 0.3) is 0 Å². The van der Waals surface area contributed by atoms with Crippen molar-refractivity contribution in [3.8, 4) is 5.75 Å². The molecule has 2 aromatic rings. The number of ether oxygens (including phenoxy) is 1. The van der Waals surface area contributed by atoms with Crippen molar-refractivity contribution in [2.45, 2.75) is 13.1 Å². The lowest BCUT2D eigenvalue weighted by atomic mass is 10.1. The van der Waals surface area contributed by atoms with Crippen LogP contribution in [0.15, 0.2) is 55.1 Å². The molecule has 2 rings (SSSR count). The Morgan fingerprint density at radius 2 is 1.81 bits per heavy atom. The predicted molar refractivity (Wildman–Crippen MR) is 79.0 cm³/mol. The van der Waals surface area contributed by atoms with E-state index >= 15 is 0 Å². The molecule has 0 fully saturated rings. The number of halogens is 2. The molecule has 110 valence electrons. The molecule has 0 saturated carbocycles. The van der Waals surface area contributed by atoms with Gasteiger partial charge in [-0.2, -0.15) is 0 Å². The third kappa shape index (κ3) is 4.39. The summed E-state index contributed by atoms with van der Waals surface area (Å²) in [6, 6.07) is 11.2. The summed E-state index contributed by atoms with van der Waals surface area (Å²) >= 11 is 0. The van der Waals surface area contributed by atoms with E-state index < -0.39 is 11.6 Å². The third-order valence-corrected chi connectivity index (χ3v) is 2.98. The van der Waals surface area contributed by atoms with Crippen molar-refractivity contribution in [3.05, 3.63) is 77.9 Å². The first-order chi connectivity index (χ1) is 10.2. The van der Waals surface area contributed by atoms with Gasteiger partial charge in [-0.1, -0.05) is 36.9 Å². The van der Waals surface area contributed by atoms with Crippen molar-refractivity contribution in [3.63, 3.8) is 0 Å². The summed E-state index contributed by atoms with van der Waals surface area (Å²) in [5, 5.41) is 3.13. The smallest absolute Gasteiger partial charge is 0.130 e. The summed E-state index contributed by atoms with van der Waals surface area (Å²) < 4.78 is 31.9. The van der Waals surface area contributed by atoms with E-state index in [9.17, 15) is 8.78 Å². The largest absolute Gasteiger partial charge is 0.489 e. The topological polar surface area (TPSA) is 21.3 Å². The van der Waals surface area contributed by atoms with Crippen LogP contribution < -0.4 is 10.1 Å². The van der Waals surface area contributed by atoms with Crippen molar-refractivity contribution in [2.75, 3.05) is 6.61 Å². The molecule has 0 heterocycles. The van der Waals surface area contributed by atoms with E-state index in [0.29, 0.717) is 25.3 Å². The highest BCUT2D eigenvalue weighted by atomic mass is 19.1. The molecule has 0 saturated heterocycles. The van der Waals surface area contributed by atoms with Crippen LogP contribution >= 0.6 is 0 Å². The molecule has 4 heteroatoms. The van der Waals surface area contributed by atoms with Gasteiger partial charge in [0, 0.05) is 30.3 Å². The molecule has 0 bridgehead atoms. The van der Waals surface area contributed by atoms with Crippen molar-refractivity contribution in [2.24, 2.45) is 0 Å². The molecule has 0 aliphatic carbocycles. The SMILES string of the molecule is C=CCOc1ccccc1CNCc1ccc(F)cc1F. The van der Waals surface area contributed by atoms with Crippen LogP contribution in [0.5, 0.6) is 5.75 Å². The number of nitrogens with one attached hydrogen (secondary N) is 1. The summed E-state index contributed by atoms with van der Waals surface area (Å²) in [7, 11) is 0. The van der Waals surface area contributed by atoms with Gasteiger partial charge in [-0.05, 0) is 12.1 Å². The first-order valence-corrected chi connectivity index (χ1v) is 6.67. The second-order valence-corrected chi connectivity index (χ2v) is 4.55. The summed E-state index contributed by atoms with van der Waals surface area (Å²) in [5.74, 6) is -0.345. The lowest BCUT2D eigenvalue weighted by molar-refractivity contribution is 0.358. The Hall–Kier alpha value is -2.20. The number of para-hydroxylation sites is 1. The lowest BCUT2D eigenvalue weighted by Gasteiger charge is -2.11. The average Bonchev–Trinajstić information content (AvgIpc) is 2.48. The van der Waals surface area contributed by atoms with Crippen LogP contribution in [0.2, 0.25) is 0 Å². The molecule has 0 aliphatic heterocycles. The number of benzene rings is 2. The maximum Gasteiger partial charge on any atom is 0.130 e. The van der Waals surface area contributed by atoms with Gasteiger partial charge in [0.2, 0.25) is 0 Å². The fourth-order valence-corrected chi connectivity index (χ4v) is 1.94. The van der Waals surface area contributed by atoms with E-state index in [1.807, 2.05) is 24.3 Å². The van der Waals surface area contributed by atoms with Gasteiger partial charge >= 0.3 is 0 Å². The molecule has 0 unspecified atom stereocenters. The van der Waals surface area contributed by atoms with Gasteiger partial charge < -0.3 is 10.1 Å². The van der Waals surface area contributed by atoms with E-state index in [4.69, 9.17) is 4.74 Å². The first-order valence-electron chi connectivity index (χ1n) is 6.67. The van der Waals surface area contributed by atoms with Gasteiger partial charge in [0.1, 0.15) is 24.0 Å². The molecule has 1 N–H and O–H groups in total. The zero-order valence-corrected chi connectivity index (χ0v) is 11.6. The van der Waals surface area contributed by atoms with E-state index in [1.165, 1.54) is 12.1 Å². The summed E-state index contributed by atoms with van der Waals surface area (Å²) in [4.78, 5) is 0. The Morgan fingerprint density at radius 1 is 1.05 bits per heavy atom. The molecule has 21 heavy (non-hydrogen) atoms.